The number of ether oxygens (including phenoxy) is 1. The van der Waals surface area contributed by atoms with Crippen LogP contribution in [0.5, 0.6) is 0 Å². The van der Waals surface area contributed by atoms with E-state index >= 15 is 0 Å². The normalized spacial score (nSPS) is 14.1. The van der Waals surface area contributed by atoms with E-state index in [2.05, 4.69) is 10.3 Å². The minimum absolute atomic E-state index is 0.0815. The van der Waals surface area contributed by atoms with E-state index in [-0.39, 0.29) is 24.1 Å². The number of aldehydes is 1. The van der Waals surface area contributed by atoms with Crippen LogP contribution in [0, 0.1) is 5.82 Å². The zero-order valence-electron chi connectivity index (χ0n) is 12.5. The van der Waals surface area contributed by atoms with Crippen molar-refractivity contribution in [3.8, 4) is 0 Å². The van der Waals surface area contributed by atoms with E-state index in [1.807, 2.05) is 0 Å². The first-order valence-corrected chi connectivity index (χ1v) is 6.57. The first kappa shape index (κ1) is 18.0. The van der Waals surface area contributed by atoms with Gasteiger partial charge in [0.2, 0.25) is 0 Å². The van der Waals surface area contributed by atoms with Crippen LogP contribution in [0.3, 0.4) is 0 Å². The molecule has 22 heavy (non-hydrogen) atoms. The molecule has 1 heterocycles. The summed E-state index contributed by atoms with van der Waals surface area (Å²) in [7, 11) is 0. The van der Waals surface area contributed by atoms with E-state index in [1.165, 1.54) is 0 Å². The molecule has 1 rings (SSSR count). The Balaban J connectivity index is 2.63. The molecule has 0 radical (unpaired) electrons. The summed E-state index contributed by atoms with van der Waals surface area (Å²) in [5.74, 6) is -0.827. The summed E-state index contributed by atoms with van der Waals surface area (Å²) in [5, 5.41) is 22.0. The molecule has 0 aromatic carbocycles. The standard InChI is InChI=1S/C14H19FN2O5/c1-14(2,3)22-13(21)17-6-11(19)12(20)10-4-8(7-18)9(15)5-16-10/h4-5,7,11-12,19-20H,6H2,1-3H3,(H,17,21). The Morgan fingerprint density at radius 3 is 2.68 bits per heavy atom. The predicted octanol–water partition coefficient (Wildman–Crippen LogP) is 0.952. The highest BCUT2D eigenvalue weighted by Crippen LogP contribution is 2.16. The molecule has 1 aromatic rings. The van der Waals surface area contributed by atoms with Crippen LogP contribution >= 0.6 is 0 Å². The number of carbonyl (C=O) groups is 2. The highest BCUT2D eigenvalue weighted by atomic mass is 19.1. The van der Waals surface area contributed by atoms with Crippen molar-refractivity contribution < 1.29 is 28.9 Å². The van der Waals surface area contributed by atoms with Crippen LogP contribution in [0.15, 0.2) is 12.3 Å². The van der Waals surface area contributed by atoms with Gasteiger partial charge in [-0.3, -0.25) is 9.78 Å². The topological polar surface area (TPSA) is 109 Å². The van der Waals surface area contributed by atoms with Gasteiger partial charge in [-0.25, -0.2) is 9.18 Å². The maximum atomic E-state index is 13.1. The van der Waals surface area contributed by atoms with E-state index in [0.29, 0.717) is 0 Å². The van der Waals surface area contributed by atoms with Gasteiger partial charge in [-0.05, 0) is 26.8 Å². The zero-order chi connectivity index (χ0) is 16.9. The van der Waals surface area contributed by atoms with E-state index in [4.69, 9.17) is 4.74 Å². The predicted molar refractivity (Wildman–Crippen MR) is 74.8 cm³/mol. The lowest BCUT2D eigenvalue weighted by molar-refractivity contribution is 0.0108. The molecule has 1 amide bonds. The molecule has 7 nitrogen and oxygen atoms in total. The molecule has 8 heteroatoms. The van der Waals surface area contributed by atoms with Crippen LogP contribution < -0.4 is 5.32 Å². The number of aromatic nitrogens is 1. The largest absolute Gasteiger partial charge is 0.444 e. The van der Waals surface area contributed by atoms with E-state index < -0.39 is 29.7 Å². The third kappa shape index (κ3) is 5.38. The third-order valence-electron chi connectivity index (χ3n) is 2.56. The molecule has 0 aliphatic rings. The van der Waals surface area contributed by atoms with Crippen molar-refractivity contribution >= 4 is 12.4 Å². The third-order valence-corrected chi connectivity index (χ3v) is 2.56. The minimum Gasteiger partial charge on any atom is -0.444 e. The number of hydrogen-bond acceptors (Lipinski definition) is 6. The lowest BCUT2D eigenvalue weighted by Gasteiger charge is -2.22. The highest BCUT2D eigenvalue weighted by molar-refractivity contribution is 5.75. The summed E-state index contributed by atoms with van der Waals surface area (Å²) in [6.45, 7) is 4.75. The Hall–Kier alpha value is -2.06. The van der Waals surface area contributed by atoms with E-state index in [9.17, 15) is 24.2 Å². The van der Waals surface area contributed by atoms with Crippen molar-refractivity contribution in [2.75, 3.05) is 6.54 Å². The summed E-state index contributed by atoms with van der Waals surface area (Å²) in [6.07, 6.45) is -2.59. The molecule has 2 unspecified atom stereocenters. The number of halogens is 1. The summed E-state index contributed by atoms with van der Waals surface area (Å²) in [5.41, 5.74) is -1.05. The van der Waals surface area contributed by atoms with Gasteiger partial charge in [-0.15, -0.1) is 0 Å². The molecule has 1 aromatic heterocycles. The second-order valence-electron chi connectivity index (χ2n) is 5.64. The van der Waals surface area contributed by atoms with Crippen LogP contribution in [-0.2, 0) is 4.74 Å². The van der Waals surface area contributed by atoms with Crippen LogP contribution in [0.2, 0.25) is 0 Å². The Morgan fingerprint density at radius 2 is 2.14 bits per heavy atom. The first-order chi connectivity index (χ1) is 10.1. The Bertz CT molecular complexity index is 545. The van der Waals surface area contributed by atoms with Gasteiger partial charge in [0.25, 0.3) is 0 Å². The van der Waals surface area contributed by atoms with Gasteiger partial charge >= 0.3 is 6.09 Å². The summed E-state index contributed by atoms with van der Waals surface area (Å²) in [6, 6.07) is 1.03. The molecule has 0 spiro atoms. The maximum Gasteiger partial charge on any atom is 0.407 e. The number of alkyl carbamates (subject to hydrolysis) is 1. The Morgan fingerprint density at radius 1 is 1.50 bits per heavy atom. The first-order valence-electron chi connectivity index (χ1n) is 6.57. The van der Waals surface area contributed by atoms with E-state index in [0.717, 1.165) is 12.3 Å². The molecule has 0 aliphatic heterocycles. The lowest BCUT2D eigenvalue weighted by atomic mass is 10.1. The number of nitrogens with zero attached hydrogens (tertiary/aromatic N) is 1. The number of aliphatic hydroxyl groups excluding tert-OH is 2. The molecule has 0 saturated carbocycles. The lowest BCUT2D eigenvalue weighted by Crippen LogP contribution is -2.39. The molecule has 0 fully saturated rings. The fraction of sp³-hybridized carbons (Fsp3) is 0.500. The minimum atomic E-state index is -1.49. The van der Waals surface area contributed by atoms with Crippen molar-refractivity contribution in [3.05, 3.63) is 29.3 Å². The van der Waals surface area contributed by atoms with E-state index in [1.54, 1.807) is 20.8 Å². The average Bonchev–Trinajstić information content (AvgIpc) is 2.42. The zero-order valence-corrected chi connectivity index (χ0v) is 12.5. The molecule has 3 N–H and O–H groups in total. The van der Waals surface area contributed by atoms with Gasteiger partial charge in [0.15, 0.2) is 12.1 Å². The summed E-state index contributed by atoms with van der Waals surface area (Å²) < 4.78 is 18.1. The van der Waals surface area contributed by atoms with Gasteiger partial charge in [-0.1, -0.05) is 0 Å². The number of nitrogens with one attached hydrogen (secondary N) is 1. The summed E-state index contributed by atoms with van der Waals surface area (Å²) >= 11 is 0. The number of hydrogen-bond donors (Lipinski definition) is 3. The molecule has 0 saturated heterocycles. The van der Waals surface area contributed by atoms with Crippen molar-refractivity contribution in [1.29, 1.82) is 0 Å². The van der Waals surface area contributed by atoms with Crippen molar-refractivity contribution in [1.82, 2.24) is 10.3 Å². The number of pyridine rings is 1. The Labute approximate surface area is 127 Å². The number of amides is 1. The van der Waals surface area contributed by atoms with Crippen molar-refractivity contribution in [2.24, 2.45) is 0 Å². The summed E-state index contributed by atoms with van der Waals surface area (Å²) in [4.78, 5) is 25.7. The molecular formula is C14H19FN2O5. The molecular weight excluding hydrogens is 295 g/mol. The number of rotatable bonds is 5. The van der Waals surface area contributed by atoms with Crippen molar-refractivity contribution in [3.63, 3.8) is 0 Å². The number of carbonyl (C=O) groups excluding carboxylic acids is 2. The quantitative estimate of drug-likeness (QED) is 0.698. The molecule has 0 bridgehead atoms. The van der Waals surface area contributed by atoms with Gasteiger partial charge < -0.3 is 20.3 Å². The SMILES string of the molecule is CC(C)(C)OC(=O)NCC(O)C(O)c1cc(C=O)c(F)cn1. The van der Waals surface area contributed by atoms with Gasteiger partial charge in [-0.2, -0.15) is 0 Å². The van der Waals surface area contributed by atoms with Crippen LogP contribution in [0.1, 0.15) is 42.9 Å². The average molecular weight is 314 g/mol. The number of aliphatic hydroxyl groups is 2. The fourth-order valence-corrected chi connectivity index (χ4v) is 1.53. The maximum absolute atomic E-state index is 13.1. The molecule has 0 aliphatic carbocycles. The van der Waals surface area contributed by atoms with Crippen LogP contribution in [0.4, 0.5) is 9.18 Å². The van der Waals surface area contributed by atoms with Crippen LogP contribution in [-0.4, -0.2) is 45.8 Å². The Kier molecular flexibility index (Phi) is 5.95. The van der Waals surface area contributed by atoms with Gasteiger partial charge in [0.05, 0.1) is 17.5 Å². The van der Waals surface area contributed by atoms with Crippen molar-refractivity contribution in [2.45, 2.75) is 38.6 Å². The molecule has 122 valence electrons. The highest BCUT2D eigenvalue weighted by Gasteiger charge is 2.23. The second-order valence-corrected chi connectivity index (χ2v) is 5.64. The van der Waals surface area contributed by atoms with Gasteiger partial charge in [0.1, 0.15) is 17.8 Å². The smallest absolute Gasteiger partial charge is 0.407 e. The monoisotopic (exact) mass is 314 g/mol. The fourth-order valence-electron chi connectivity index (χ4n) is 1.53. The van der Waals surface area contributed by atoms with Crippen LogP contribution in [0.25, 0.3) is 0 Å². The van der Waals surface area contributed by atoms with Gasteiger partial charge in [0, 0.05) is 6.54 Å². The second kappa shape index (κ2) is 7.28. The molecule has 2 atom stereocenters.